The molecule has 1 unspecified atom stereocenters. The van der Waals surface area contributed by atoms with Crippen LogP contribution in [0.25, 0.3) is 0 Å². The fourth-order valence-corrected chi connectivity index (χ4v) is 2.59. The Morgan fingerprint density at radius 3 is 2.60 bits per heavy atom. The van der Waals surface area contributed by atoms with Crippen LogP contribution in [0, 0.1) is 18.3 Å². The van der Waals surface area contributed by atoms with Gasteiger partial charge in [-0.25, -0.2) is 0 Å². The molecule has 20 heavy (non-hydrogen) atoms. The minimum absolute atomic E-state index is 0.0246. The van der Waals surface area contributed by atoms with Crippen LogP contribution >= 0.6 is 0 Å². The number of nitrogens with zero attached hydrogens (tertiary/aromatic N) is 1. The highest BCUT2D eigenvalue weighted by Gasteiger charge is 2.37. The Morgan fingerprint density at radius 1 is 1.35 bits per heavy atom. The third-order valence-corrected chi connectivity index (χ3v) is 4.11. The minimum Gasteiger partial charge on any atom is -0.335 e. The number of hydrogen-bond donors (Lipinski definition) is 0. The average molecular weight is 273 g/mol. The summed E-state index contributed by atoms with van der Waals surface area (Å²) in [5, 5.41) is 0. The van der Waals surface area contributed by atoms with Crippen molar-refractivity contribution in [3.05, 3.63) is 35.4 Å². The average Bonchev–Trinajstić information content (AvgIpc) is 2.71. The summed E-state index contributed by atoms with van der Waals surface area (Å²) in [5.41, 5.74) is 1.87. The number of carbonyl (C=O) groups is 2. The lowest BCUT2D eigenvalue weighted by Crippen LogP contribution is -2.32. The van der Waals surface area contributed by atoms with E-state index >= 15 is 0 Å². The predicted octanol–water partition coefficient (Wildman–Crippen LogP) is 3.07. The summed E-state index contributed by atoms with van der Waals surface area (Å²) >= 11 is 0. The Labute approximate surface area is 121 Å². The van der Waals surface area contributed by atoms with Gasteiger partial charge in [0.15, 0.2) is 5.78 Å². The third-order valence-electron chi connectivity index (χ3n) is 4.11. The highest BCUT2D eigenvalue weighted by Crippen LogP contribution is 2.34. The van der Waals surface area contributed by atoms with E-state index in [0.717, 1.165) is 5.56 Å². The number of likely N-dealkylation sites (tertiary alicyclic amines) is 1. The topological polar surface area (TPSA) is 37.4 Å². The van der Waals surface area contributed by atoms with Crippen molar-refractivity contribution in [2.45, 2.75) is 34.1 Å². The second-order valence-electron chi connectivity index (χ2n) is 6.83. The molecule has 0 N–H and O–H groups in total. The summed E-state index contributed by atoms with van der Waals surface area (Å²) < 4.78 is 0. The quantitative estimate of drug-likeness (QED) is 0.794. The number of carbonyl (C=O) groups excluding carboxylic acids is 2. The van der Waals surface area contributed by atoms with E-state index in [-0.39, 0.29) is 23.7 Å². The molecule has 1 saturated heterocycles. The molecule has 1 amide bonds. The molecule has 3 nitrogen and oxygen atoms in total. The zero-order valence-electron chi connectivity index (χ0n) is 12.8. The summed E-state index contributed by atoms with van der Waals surface area (Å²) in [6.07, 6.45) is 0.560. The van der Waals surface area contributed by atoms with Crippen molar-refractivity contribution in [2.24, 2.45) is 11.3 Å². The molecule has 0 aromatic heterocycles. The molecule has 0 radical (unpaired) electrons. The second-order valence-corrected chi connectivity index (χ2v) is 6.83. The van der Waals surface area contributed by atoms with Crippen molar-refractivity contribution >= 4 is 11.7 Å². The van der Waals surface area contributed by atoms with Gasteiger partial charge in [-0.1, -0.05) is 44.5 Å². The Balaban J connectivity index is 2.04. The molecule has 3 heteroatoms. The van der Waals surface area contributed by atoms with Crippen molar-refractivity contribution in [2.75, 3.05) is 13.1 Å². The van der Waals surface area contributed by atoms with E-state index < -0.39 is 0 Å². The van der Waals surface area contributed by atoms with Crippen molar-refractivity contribution in [1.29, 1.82) is 0 Å². The van der Waals surface area contributed by atoms with Crippen molar-refractivity contribution in [1.82, 2.24) is 4.90 Å². The number of hydrogen-bond acceptors (Lipinski definition) is 2. The Morgan fingerprint density at radius 2 is 2.05 bits per heavy atom. The van der Waals surface area contributed by atoms with Crippen LogP contribution in [0.2, 0.25) is 0 Å². The first kappa shape index (κ1) is 14.8. The van der Waals surface area contributed by atoms with Gasteiger partial charge in [-0.2, -0.15) is 0 Å². The van der Waals surface area contributed by atoms with Gasteiger partial charge >= 0.3 is 0 Å². The first-order chi connectivity index (χ1) is 9.27. The number of ketones is 1. The zero-order valence-corrected chi connectivity index (χ0v) is 12.8. The van der Waals surface area contributed by atoms with E-state index in [9.17, 15) is 9.59 Å². The van der Waals surface area contributed by atoms with Gasteiger partial charge in [0.05, 0.1) is 6.54 Å². The molecule has 2 rings (SSSR count). The molecule has 1 atom stereocenters. The van der Waals surface area contributed by atoms with Crippen LogP contribution in [-0.4, -0.2) is 29.7 Å². The van der Waals surface area contributed by atoms with Gasteiger partial charge in [-0.15, -0.1) is 0 Å². The molecule has 1 heterocycles. The second kappa shape index (κ2) is 5.39. The normalized spacial score (nSPS) is 19.5. The number of Topliss-reactive ketones (excluding diaryl/α,β-unsaturated/α-hetero) is 1. The van der Waals surface area contributed by atoms with Gasteiger partial charge in [0.1, 0.15) is 0 Å². The van der Waals surface area contributed by atoms with Crippen LogP contribution in [-0.2, 0) is 4.79 Å². The standard InChI is InChI=1S/C17H23NO2/c1-12-6-5-7-13(8-12)15(19)11-18-10-14(9-16(18)20)17(2,3)4/h5-8,14H,9-11H2,1-4H3. The maximum Gasteiger partial charge on any atom is 0.223 e. The van der Waals surface area contributed by atoms with Gasteiger partial charge < -0.3 is 4.90 Å². The van der Waals surface area contributed by atoms with Gasteiger partial charge in [0, 0.05) is 18.5 Å². The largest absolute Gasteiger partial charge is 0.335 e. The maximum absolute atomic E-state index is 12.3. The van der Waals surface area contributed by atoms with E-state index in [4.69, 9.17) is 0 Å². The molecular formula is C17H23NO2. The first-order valence-electron chi connectivity index (χ1n) is 7.15. The van der Waals surface area contributed by atoms with E-state index in [2.05, 4.69) is 20.8 Å². The lowest BCUT2D eigenvalue weighted by molar-refractivity contribution is -0.127. The first-order valence-corrected chi connectivity index (χ1v) is 7.15. The summed E-state index contributed by atoms with van der Waals surface area (Å²) in [6.45, 7) is 9.31. The third kappa shape index (κ3) is 3.27. The van der Waals surface area contributed by atoms with E-state index in [0.29, 0.717) is 24.4 Å². The molecular weight excluding hydrogens is 250 g/mol. The Bertz CT molecular complexity index is 528. The van der Waals surface area contributed by atoms with Crippen molar-refractivity contribution in [3.63, 3.8) is 0 Å². The lowest BCUT2D eigenvalue weighted by Gasteiger charge is -2.26. The summed E-state index contributed by atoms with van der Waals surface area (Å²) in [4.78, 5) is 26.0. The van der Waals surface area contributed by atoms with Crippen LogP contribution < -0.4 is 0 Å². The molecule has 1 aliphatic rings. The van der Waals surface area contributed by atoms with Crippen LogP contribution in [0.4, 0.5) is 0 Å². The Hall–Kier alpha value is -1.64. The molecule has 0 spiro atoms. The van der Waals surface area contributed by atoms with E-state index in [1.807, 2.05) is 31.2 Å². The molecule has 0 saturated carbocycles. The molecule has 0 bridgehead atoms. The summed E-state index contributed by atoms with van der Waals surface area (Å²) in [6, 6.07) is 7.54. The summed E-state index contributed by atoms with van der Waals surface area (Å²) in [7, 11) is 0. The van der Waals surface area contributed by atoms with Crippen molar-refractivity contribution in [3.8, 4) is 0 Å². The fraction of sp³-hybridized carbons (Fsp3) is 0.529. The van der Waals surface area contributed by atoms with Gasteiger partial charge in [-0.3, -0.25) is 9.59 Å². The molecule has 1 aromatic rings. The SMILES string of the molecule is Cc1cccc(C(=O)CN2CC(C(C)(C)C)CC2=O)c1. The van der Waals surface area contributed by atoms with Gasteiger partial charge in [0.2, 0.25) is 5.91 Å². The van der Waals surface area contributed by atoms with Crippen molar-refractivity contribution < 1.29 is 9.59 Å². The van der Waals surface area contributed by atoms with Gasteiger partial charge in [0.25, 0.3) is 0 Å². The lowest BCUT2D eigenvalue weighted by atomic mass is 9.80. The molecule has 1 aromatic carbocycles. The van der Waals surface area contributed by atoms with Crippen LogP contribution in [0.3, 0.4) is 0 Å². The smallest absolute Gasteiger partial charge is 0.223 e. The minimum atomic E-state index is 0.0246. The van der Waals surface area contributed by atoms with Gasteiger partial charge in [-0.05, 0) is 24.3 Å². The fourth-order valence-electron chi connectivity index (χ4n) is 2.59. The van der Waals surface area contributed by atoms with Crippen LogP contribution in [0.1, 0.15) is 43.1 Å². The highest BCUT2D eigenvalue weighted by atomic mass is 16.2. The molecule has 0 aliphatic carbocycles. The van der Waals surface area contributed by atoms with E-state index in [1.165, 1.54) is 0 Å². The van der Waals surface area contributed by atoms with E-state index in [1.54, 1.807) is 4.90 Å². The zero-order chi connectivity index (χ0) is 14.9. The molecule has 108 valence electrons. The molecule has 1 fully saturated rings. The predicted molar refractivity (Wildman–Crippen MR) is 79.7 cm³/mol. The highest BCUT2D eigenvalue weighted by molar-refractivity contribution is 5.99. The maximum atomic E-state index is 12.3. The Kier molecular flexibility index (Phi) is 3.98. The number of benzene rings is 1. The van der Waals surface area contributed by atoms with Crippen LogP contribution in [0.5, 0.6) is 0 Å². The van der Waals surface area contributed by atoms with Crippen LogP contribution in [0.15, 0.2) is 24.3 Å². The number of rotatable bonds is 3. The molecule has 1 aliphatic heterocycles. The summed E-state index contributed by atoms with van der Waals surface area (Å²) in [5.74, 6) is 0.461. The number of aryl methyl sites for hydroxylation is 1. The monoisotopic (exact) mass is 273 g/mol. The number of amides is 1.